The molecule has 0 spiro atoms. The van der Waals surface area contributed by atoms with Crippen molar-refractivity contribution in [3.8, 4) is 5.75 Å². The van der Waals surface area contributed by atoms with Gasteiger partial charge in [-0.25, -0.2) is 4.79 Å². The van der Waals surface area contributed by atoms with Gasteiger partial charge >= 0.3 is 5.97 Å². The second-order valence-electron chi connectivity index (χ2n) is 6.49. The first kappa shape index (κ1) is 16.6. The van der Waals surface area contributed by atoms with Crippen LogP contribution in [-0.2, 0) is 14.4 Å². The van der Waals surface area contributed by atoms with Gasteiger partial charge in [0, 0.05) is 11.5 Å². The summed E-state index contributed by atoms with van der Waals surface area (Å²) in [5.74, 6) is -3.20. The lowest BCUT2D eigenvalue weighted by Crippen LogP contribution is -2.71. The molecule has 1 saturated heterocycles. The second kappa shape index (κ2) is 8.61. The minimum atomic E-state index is -1.66. The molecule has 0 saturated carbocycles. The Balaban J connectivity index is 1.51. The van der Waals surface area contributed by atoms with E-state index in [1.807, 2.05) is 0 Å². The summed E-state index contributed by atoms with van der Waals surface area (Å²) in [7, 11) is 0. The highest BCUT2D eigenvalue weighted by Gasteiger charge is 2.54. The molecule has 2 aromatic rings. The number of aromatic amines is 1. The number of nitrogens with zero attached hydrogens (tertiary/aromatic N) is 3. The quantitative estimate of drug-likeness (QED) is 0.277. The Morgan fingerprint density at radius 3 is 2.84 bits per heavy atom. The molecular weight excluding hydrogens is 444 g/mol. The number of aromatic hydroxyl groups is 1. The summed E-state index contributed by atoms with van der Waals surface area (Å²) in [6.07, 6.45) is 1.49. The highest BCUT2D eigenvalue weighted by Crippen LogP contribution is 2.41. The number of rotatable bonds is 7. The Morgan fingerprint density at radius 1 is 1.45 bits per heavy atom. The molecule has 3 heterocycles. The summed E-state index contributed by atoms with van der Waals surface area (Å²) in [5, 5.41) is 31.7. The number of nitrogens with two attached hydrogens (primary N) is 1. The molecule has 2 amide bonds. The summed E-state index contributed by atoms with van der Waals surface area (Å²) >= 11 is 2.51. The fraction of sp³-hybridized carbons (Fsp3) is 0.278. The number of hydrogen-bond acceptors (Lipinski definition) is 9. The third-order valence-electron chi connectivity index (χ3n) is 4.56. The minimum Gasteiger partial charge on any atom is -0.508 e. The van der Waals surface area contributed by atoms with E-state index in [2.05, 4.69) is 20.7 Å². The van der Waals surface area contributed by atoms with Crippen molar-refractivity contribution in [2.75, 3.05) is 11.5 Å². The number of thioether (sulfide) groups is 2. The number of carbonyl (C=O) groups is 3. The van der Waals surface area contributed by atoms with Crippen LogP contribution in [0.3, 0.4) is 0 Å². The molecule has 0 bridgehead atoms. The largest absolute Gasteiger partial charge is 0.508 e. The normalized spacial score (nSPS) is 23.1. The average molecular weight is 467 g/mol. The van der Waals surface area contributed by atoms with Gasteiger partial charge in [0.1, 0.15) is 33.9 Å². The van der Waals surface area contributed by atoms with E-state index in [4.69, 9.17) is 11.2 Å². The second-order valence-corrected chi connectivity index (χ2v) is 8.59. The van der Waals surface area contributed by atoms with Gasteiger partial charge in [0.15, 0.2) is 0 Å². The van der Waals surface area contributed by atoms with Gasteiger partial charge in [0.2, 0.25) is 5.91 Å². The minimum absolute atomic E-state index is 0.164. The smallest absolute Gasteiger partial charge is 0.352 e. The number of carboxylic acid groups (broad SMARTS) is 1. The molecule has 1 aromatic heterocycles. The van der Waals surface area contributed by atoms with E-state index in [-0.39, 0.29) is 17.2 Å². The van der Waals surface area contributed by atoms with Crippen molar-refractivity contribution in [3.63, 3.8) is 0 Å². The standard InChI is InChI=1S/C18H18N6O5S2/c19-12(8-1-3-10(25)4-2-8)15(26)21-13-16(27)24-14(18(28)29)9(7-31-17(13)24)6-30-11-5-20-23-22-11/h1-5,12-13,17,25H,6-7,19H2,(H,21,26)(H,28,29)(H,20,22,23)/t12-,13-,17-/m1/s1/i1D,2D,3D,4D. The fourth-order valence-corrected chi connectivity index (χ4v) is 5.33. The van der Waals surface area contributed by atoms with Crippen molar-refractivity contribution >= 4 is 41.3 Å². The maximum absolute atomic E-state index is 12.8. The Bertz CT molecular complexity index is 1230. The SMILES string of the molecule is [2H]c1c([2H])c([C@@H](N)C(=O)N[C@@H]2C(=O)N3C(C(=O)O)=C(CSc4cn[nH]n4)CS[C@H]23)c([2H])c([2H])c1O. The Labute approximate surface area is 190 Å². The number of fused-ring (bicyclic) bond motifs is 1. The van der Waals surface area contributed by atoms with Crippen molar-refractivity contribution in [2.24, 2.45) is 5.73 Å². The molecule has 13 heteroatoms. The summed E-state index contributed by atoms with van der Waals surface area (Å²) < 4.78 is 31.3. The molecule has 2 aliphatic heterocycles. The monoisotopic (exact) mass is 466 g/mol. The van der Waals surface area contributed by atoms with Gasteiger partial charge in [-0.15, -0.1) is 16.9 Å². The number of aromatic nitrogens is 3. The lowest BCUT2D eigenvalue weighted by Gasteiger charge is -2.49. The average Bonchev–Trinajstić information content (AvgIpc) is 3.36. The van der Waals surface area contributed by atoms with Gasteiger partial charge < -0.3 is 21.3 Å². The molecule has 0 aliphatic carbocycles. The number of carboxylic acids is 1. The van der Waals surface area contributed by atoms with Crippen LogP contribution in [-0.4, -0.2) is 71.2 Å². The zero-order valence-corrected chi connectivity index (χ0v) is 17.2. The molecular formula is C18H18N6O5S2. The van der Waals surface area contributed by atoms with Crippen molar-refractivity contribution in [1.82, 2.24) is 25.6 Å². The first-order chi connectivity index (χ1) is 16.5. The number of hydrogen-bond donors (Lipinski definition) is 5. The van der Waals surface area contributed by atoms with Crippen LogP contribution in [0, 0.1) is 0 Å². The summed E-state index contributed by atoms with van der Waals surface area (Å²) in [4.78, 5) is 38.6. The van der Waals surface area contributed by atoms with Crippen LogP contribution in [0.2, 0.25) is 0 Å². The Kier molecular flexibility index (Phi) is 4.62. The van der Waals surface area contributed by atoms with Crippen LogP contribution in [0.4, 0.5) is 0 Å². The maximum Gasteiger partial charge on any atom is 0.352 e. The highest BCUT2D eigenvalue weighted by atomic mass is 32.2. The third-order valence-corrected chi connectivity index (χ3v) is 6.88. The van der Waals surface area contributed by atoms with Gasteiger partial charge in [-0.05, 0) is 23.2 Å². The molecule has 0 unspecified atom stereocenters. The lowest BCUT2D eigenvalue weighted by atomic mass is 10.0. The third kappa shape index (κ3) is 4.11. The molecule has 0 radical (unpaired) electrons. The number of amides is 2. The first-order valence-electron chi connectivity index (χ1n) is 10.8. The number of benzene rings is 1. The van der Waals surface area contributed by atoms with Gasteiger partial charge in [0.05, 0.1) is 11.7 Å². The van der Waals surface area contributed by atoms with Gasteiger partial charge in [0.25, 0.3) is 5.91 Å². The van der Waals surface area contributed by atoms with Crippen molar-refractivity contribution in [3.05, 3.63) is 47.2 Å². The number of β-lactam (4-membered cyclic amide) rings is 1. The molecule has 31 heavy (non-hydrogen) atoms. The number of aliphatic carboxylic acids is 1. The highest BCUT2D eigenvalue weighted by molar-refractivity contribution is 8.01. The number of H-pyrrole nitrogens is 1. The zero-order chi connectivity index (χ0) is 25.6. The van der Waals surface area contributed by atoms with Crippen molar-refractivity contribution < 1.29 is 30.1 Å². The number of phenolic OH excluding ortho intramolecular Hbond substituents is 1. The topological polar surface area (TPSA) is 175 Å². The Morgan fingerprint density at radius 2 is 2.19 bits per heavy atom. The summed E-state index contributed by atoms with van der Waals surface area (Å²) in [5.41, 5.74) is 5.81. The van der Waals surface area contributed by atoms with E-state index in [1.54, 1.807) is 0 Å². The van der Waals surface area contributed by atoms with Crippen LogP contribution < -0.4 is 11.1 Å². The van der Waals surface area contributed by atoms with E-state index in [0.717, 1.165) is 4.90 Å². The molecule has 1 fully saturated rings. The molecule has 11 nitrogen and oxygen atoms in total. The van der Waals surface area contributed by atoms with E-state index < -0.39 is 70.7 Å². The van der Waals surface area contributed by atoms with Crippen molar-refractivity contribution in [2.45, 2.75) is 22.5 Å². The van der Waals surface area contributed by atoms with Gasteiger partial charge in [-0.3, -0.25) is 14.5 Å². The summed E-state index contributed by atoms with van der Waals surface area (Å²) in [6.45, 7) is 0. The van der Waals surface area contributed by atoms with E-state index >= 15 is 0 Å². The number of phenols is 1. The van der Waals surface area contributed by atoms with Gasteiger partial charge in [-0.2, -0.15) is 10.3 Å². The van der Waals surface area contributed by atoms with Crippen molar-refractivity contribution in [1.29, 1.82) is 0 Å². The molecule has 4 rings (SSSR count). The van der Waals surface area contributed by atoms with Crippen LogP contribution >= 0.6 is 23.5 Å². The van der Waals surface area contributed by atoms with Gasteiger partial charge in [-0.1, -0.05) is 23.8 Å². The fourth-order valence-electron chi connectivity index (χ4n) is 3.06. The molecule has 3 atom stereocenters. The number of nitrogens with one attached hydrogen (secondary N) is 2. The Hall–Kier alpha value is -3.03. The molecule has 162 valence electrons. The van der Waals surface area contributed by atoms with E-state index in [9.17, 15) is 24.6 Å². The van der Waals surface area contributed by atoms with Crippen LogP contribution in [0.25, 0.3) is 0 Å². The molecule has 2 aliphatic rings. The van der Waals surface area contributed by atoms with Crippen LogP contribution in [0.1, 0.15) is 17.1 Å². The first-order valence-corrected chi connectivity index (χ1v) is 10.8. The maximum atomic E-state index is 12.8. The summed E-state index contributed by atoms with van der Waals surface area (Å²) in [6, 6.07) is -5.60. The predicted molar refractivity (Wildman–Crippen MR) is 112 cm³/mol. The molecule has 6 N–H and O–H groups in total. The predicted octanol–water partition coefficient (Wildman–Crippen LogP) is 0.0410. The lowest BCUT2D eigenvalue weighted by molar-refractivity contribution is -0.150. The van der Waals surface area contributed by atoms with E-state index in [0.29, 0.717) is 10.6 Å². The van der Waals surface area contributed by atoms with Crippen LogP contribution in [0.15, 0.2) is 46.7 Å². The zero-order valence-electron chi connectivity index (χ0n) is 19.6. The van der Waals surface area contributed by atoms with E-state index in [1.165, 1.54) is 29.7 Å². The van der Waals surface area contributed by atoms with Crippen LogP contribution in [0.5, 0.6) is 5.75 Å². The number of carbonyl (C=O) groups excluding carboxylic acids is 2. The molecule has 1 aromatic carbocycles.